The topological polar surface area (TPSA) is 29.5 Å². The largest absolute Gasteiger partial charge is 0.496 e. The number of aliphatic hydroxyl groups excluding tert-OH is 1. The Morgan fingerprint density at radius 2 is 1.79 bits per heavy atom. The summed E-state index contributed by atoms with van der Waals surface area (Å²) in [7, 11) is 1.62. The molecule has 0 amide bonds. The number of ether oxygens (including phenoxy) is 1. The zero-order valence-electron chi connectivity index (χ0n) is 10.7. The van der Waals surface area contributed by atoms with Crippen molar-refractivity contribution in [3.05, 3.63) is 62.0 Å². The summed E-state index contributed by atoms with van der Waals surface area (Å²) in [6, 6.07) is 11.5. The Morgan fingerprint density at radius 1 is 1.05 bits per heavy atom. The first-order valence-corrected chi connectivity index (χ1v) is 7.38. The molecule has 0 bridgehead atoms. The standard InChI is InChI=1S/C15H14Br2O2/c1-9-5-11(7-12(16)6-9)15(18)10-3-4-14(19-2)13(17)8-10/h3-8,15,18H,1-2H3. The average Bonchev–Trinajstić information content (AvgIpc) is 2.36. The van der Waals surface area contributed by atoms with Gasteiger partial charge < -0.3 is 9.84 Å². The fraction of sp³-hybridized carbons (Fsp3) is 0.200. The molecular weight excluding hydrogens is 372 g/mol. The van der Waals surface area contributed by atoms with Crippen LogP contribution < -0.4 is 4.74 Å². The Hall–Kier alpha value is -0.840. The second-order valence-electron chi connectivity index (χ2n) is 4.36. The molecule has 0 spiro atoms. The average molecular weight is 386 g/mol. The number of halogens is 2. The van der Waals surface area contributed by atoms with E-state index in [4.69, 9.17) is 4.74 Å². The van der Waals surface area contributed by atoms with Crippen molar-refractivity contribution in [1.82, 2.24) is 0 Å². The number of hydrogen-bond donors (Lipinski definition) is 1. The van der Waals surface area contributed by atoms with Crippen LogP contribution in [0.1, 0.15) is 22.8 Å². The molecule has 0 aromatic heterocycles. The fourth-order valence-corrected chi connectivity index (χ4v) is 3.15. The smallest absolute Gasteiger partial charge is 0.133 e. The maximum Gasteiger partial charge on any atom is 0.133 e. The van der Waals surface area contributed by atoms with Gasteiger partial charge in [0.05, 0.1) is 11.6 Å². The minimum Gasteiger partial charge on any atom is -0.496 e. The molecule has 19 heavy (non-hydrogen) atoms. The number of rotatable bonds is 3. The summed E-state index contributed by atoms with van der Waals surface area (Å²) >= 11 is 6.88. The van der Waals surface area contributed by atoms with E-state index in [0.717, 1.165) is 31.4 Å². The van der Waals surface area contributed by atoms with Crippen molar-refractivity contribution in [2.45, 2.75) is 13.0 Å². The van der Waals surface area contributed by atoms with E-state index in [1.165, 1.54) is 0 Å². The van der Waals surface area contributed by atoms with Gasteiger partial charge in [-0.1, -0.05) is 28.1 Å². The predicted molar refractivity (Wildman–Crippen MR) is 83.6 cm³/mol. The predicted octanol–water partition coefficient (Wildman–Crippen LogP) is 4.61. The van der Waals surface area contributed by atoms with Gasteiger partial charge in [0.2, 0.25) is 0 Å². The molecule has 0 radical (unpaired) electrons. The van der Waals surface area contributed by atoms with Gasteiger partial charge in [-0.2, -0.15) is 0 Å². The number of benzene rings is 2. The van der Waals surface area contributed by atoms with Crippen LogP contribution >= 0.6 is 31.9 Å². The highest BCUT2D eigenvalue weighted by molar-refractivity contribution is 9.10. The lowest BCUT2D eigenvalue weighted by molar-refractivity contribution is 0.220. The lowest BCUT2D eigenvalue weighted by Gasteiger charge is -2.14. The van der Waals surface area contributed by atoms with E-state index in [-0.39, 0.29) is 0 Å². The number of aryl methyl sites for hydroxylation is 1. The fourth-order valence-electron chi connectivity index (χ4n) is 1.97. The molecule has 100 valence electrons. The van der Waals surface area contributed by atoms with Gasteiger partial charge in [0, 0.05) is 4.47 Å². The lowest BCUT2D eigenvalue weighted by Crippen LogP contribution is -2.00. The molecule has 4 heteroatoms. The molecule has 1 atom stereocenters. The van der Waals surface area contributed by atoms with E-state index in [1.54, 1.807) is 7.11 Å². The number of aliphatic hydroxyl groups is 1. The summed E-state index contributed by atoms with van der Waals surface area (Å²) in [4.78, 5) is 0. The van der Waals surface area contributed by atoms with Crippen LogP contribution in [0.5, 0.6) is 5.75 Å². The molecule has 1 unspecified atom stereocenters. The number of methoxy groups -OCH3 is 1. The summed E-state index contributed by atoms with van der Waals surface area (Å²) in [6.45, 7) is 2.00. The van der Waals surface area contributed by atoms with Gasteiger partial charge in [-0.15, -0.1) is 0 Å². The molecular formula is C15H14Br2O2. The molecule has 0 heterocycles. The molecule has 0 aliphatic carbocycles. The van der Waals surface area contributed by atoms with E-state index >= 15 is 0 Å². The third-order valence-corrected chi connectivity index (χ3v) is 3.95. The first-order valence-electron chi connectivity index (χ1n) is 5.80. The van der Waals surface area contributed by atoms with E-state index in [2.05, 4.69) is 31.9 Å². The zero-order chi connectivity index (χ0) is 14.0. The van der Waals surface area contributed by atoms with E-state index in [9.17, 15) is 5.11 Å². The van der Waals surface area contributed by atoms with Crippen LogP contribution in [0.15, 0.2) is 45.3 Å². The maximum absolute atomic E-state index is 10.4. The lowest BCUT2D eigenvalue weighted by atomic mass is 10.00. The zero-order valence-corrected chi connectivity index (χ0v) is 13.8. The second-order valence-corrected chi connectivity index (χ2v) is 6.13. The molecule has 0 aliphatic rings. The summed E-state index contributed by atoms with van der Waals surface area (Å²) in [6.07, 6.45) is -0.654. The minimum absolute atomic E-state index is 0.654. The Morgan fingerprint density at radius 3 is 2.37 bits per heavy atom. The summed E-state index contributed by atoms with van der Waals surface area (Å²) in [5.74, 6) is 0.751. The molecule has 0 aliphatic heterocycles. The normalized spacial score (nSPS) is 12.3. The monoisotopic (exact) mass is 384 g/mol. The van der Waals surface area contributed by atoms with Crippen LogP contribution in [0.25, 0.3) is 0 Å². The first kappa shape index (κ1) is 14.6. The van der Waals surface area contributed by atoms with Crippen molar-refractivity contribution in [3.63, 3.8) is 0 Å². The molecule has 0 saturated heterocycles. The molecule has 1 N–H and O–H groups in total. The number of hydrogen-bond acceptors (Lipinski definition) is 2. The van der Waals surface area contributed by atoms with Gasteiger partial charge in [0.15, 0.2) is 0 Å². The highest BCUT2D eigenvalue weighted by atomic mass is 79.9. The Balaban J connectivity index is 2.38. The van der Waals surface area contributed by atoms with Crippen molar-refractivity contribution in [3.8, 4) is 5.75 Å². The summed E-state index contributed by atoms with van der Waals surface area (Å²) in [5.41, 5.74) is 2.80. The van der Waals surface area contributed by atoms with Crippen LogP contribution in [0, 0.1) is 6.92 Å². The molecule has 2 aromatic carbocycles. The van der Waals surface area contributed by atoms with Crippen molar-refractivity contribution in [1.29, 1.82) is 0 Å². The third kappa shape index (κ3) is 3.38. The quantitative estimate of drug-likeness (QED) is 0.835. The highest BCUT2D eigenvalue weighted by Crippen LogP contribution is 2.31. The third-order valence-electron chi connectivity index (χ3n) is 2.87. The maximum atomic E-state index is 10.4. The SMILES string of the molecule is COc1ccc(C(O)c2cc(C)cc(Br)c2)cc1Br. The van der Waals surface area contributed by atoms with Crippen molar-refractivity contribution in [2.24, 2.45) is 0 Å². The highest BCUT2D eigenvalue weighted by Gasteiger charge is 2.13. The van der Waals surface area contributed by atoms with Gasteiger partial charge in [0.25, 0.3) is 0 Å². The van der Waals surface area contributed by atoms with Crippen molar-refractivity contribution >= 4 is 31.9 Å². The van der Waals surface area contributed by atoms with Gasteiger partial charge in [-0.05, 0) is 63.8 Å². The Labute approximate surface area is 129 Å². The van der Waals surface area contributed by atoms with Gasteiger partial charge in [0.1, 0.15) is 11.9 Å². The molecule has 0 fully saturated rings. The molecule has 0 saturated carbocycles. The summed E-state index contributed by atoms with van der Waals surface area (Å²) in [5, 5.41) is 10.4. The van der Waals surface area contributed by atoms with Crippen LogP contribution in [-0.4, -0.2) is 12.2 Å². The van der Waals surface area contributed by atoms with E-state index < -0.39 is 6.10 Å². The van der Waals surface area contributed by atoms with Crippen molar-refractivity contribution in [2.75, 3.05) is 7.11 Å². The van der Waals surface area contributed by atoms with Crippen LogP contribution in [0.4, 0.5) is 0 Å². The molecule has 2 rings (SSSR count). The molecule has 2 nitrogen and oxygen atoms in total. The van der Waals surface area contributed by atoms with Gasteiger partial charge >= 0.3 is 0 Å². The van der Waals surface area contributed by atoms with E-state index in [1.807, 2.05) is 43.3 Å². The van der Waals surface area contributed by atoms with Crippen LogP contribution in [0.3, 0.4) is 0 Å². The minimum atomic E-state index is -0.654. The van der Waals surface area contributed by atoms with Gasteiger partial charge in [-0.25, -0.2) is 0 Å². The van der Waals surface area contributed by atoms with E-state index in [0.29, 0.717) is 0 Å². The van der Waals surface area contributed by atoms with Crippen LogP contribution in [0.2, 0.25) is 0 Å². The first-order chi connectivity index (χ1) is 9.01. The second kappa shape index (κ2) is 6.07. The van der Waals surface area contributed by atoms with Crippen molar-refractivity contribution < 1.29 is 9.84 Å². The Kier molecular flexibility index (Phi) is 4.66. The summed E-state index contributed by atoms with van der Waals surface area (Å²) < 4.78 is 6.99. The van der Waals surface area contributed by atoms with Crippen LogP contribution in [-0.2, 0) is 0 Å². The molecule has 2 aromatic rings. The Bertz CT molecular complexity index is 576. The van der Waals surface area contributed by atoms with Gasteiger partial charge in [-0.3, -0.25) is 0 Å².